The van der Waals surface area contributed by atoms with Gasteiger partial charge in [0.2, 0.25) is 0 Å². The number of nitriles is 1. The van der Waals surface area contributed by atoms with Gasteiger partial charge in [0.1, 0.15) is 17.4 Å². The summed E-state index contributed by atoms with van der Waals surface area (Å²) in [5.74, 6) is -0.489. The zero-order valence-corrected chi connectivity index (χ0v) is 9.73. The molecule has 0 unspecified atom stereocenters. The average Bonchev–Trinajstić information content (AvgIpc) is 2.31. The van der Waals surface area contributed by atoms with Crippen LogP contribution < -0.4 is 0 Å². The number of esters is 1. The maximum atomic E-state index is 11.5. The van der Waals surface area contributed by atoms with Gasteiger partial charge in [-0.1, -0.05) is 12.1 Å². The Morgan fingerprint density at radius 2 is 2.00 bits per heavy atom. The number of allylic oxidation sites excluding steroid dienone is 1. The van der Waals surface area contributed by atoms with E-state index < -0.39 is 5.97 Å². The molecule has 0 amide bonds. The van der Waals surface area contributed by atoms with E-state index in [0.717, 1.165) is 0 Å². The lowest BCUT2D eigenvalue weighted by Crippen LogP contribution is -2.07. The van der Waals surface area contributed by atoms with Gasteiger partial charge in [-0.2, -0.15) is 5.26 Å². The van der Waals surface area contributed by atoms with Crippen molar-refractivity contribution in [1.29, 1.82) is 5.26 Å². The van der Waals surface area contributed by atoms with Crippen molar-refractivity contribution in [1.82, 2.24) is 0 Å². The molecule has 1 N–H and O–H groups in total. The fraction of sp³-hybridized carbons (Fsp3) is 0.231. The van der Waals surface area contributed by atoms with Crippen LogP contribution in [0.15, 0.2) is 29.8 Å². The van der Waals surface area contributed by atoms with Gasteiger partial charge in [-0.3, -0.25) is 0 Å². The lowest BCUT2D eigenvalue weighted by atomic mass is 10.0. The average molecular weight is 231 g/mol. The standard InChI is InChI=1S/C13H13NO3/c1-3-17-13(16)12(8-14)9(2)10-4-6-11(15)7-5-10/h4-7,15H,3H2,1-2H3/b12-9-. The molecule has 1 rings (SSSR count). The number of rotatable bonds is 3. The summed E-state index contributed by atoms with van der Waals surface area (Å²) in [6.45, 7) is 3.58. The lowest BCUT2D eigenvalue weighted by molar-refractivity contribution is -0.137. The van der Waals surface area contributed by atoms with Crippen LogP contribution in [-0.2, 0) is 9.53 Å². The van der Waals surface area contributed by atoms with Crippen molar-refractivity contribution in [3.8, 4) is 11.8 Å². The van der Waals surface area contributed by atoms with Gasteiger partial charge in [-0.25, -0.2) is 4.79 Å². The van der Waals surface area contributed by atoms with Crippen molar-refractivity contribution < 1.29 is 14.6 Å². The third kappa shape index (κ3) is 3.08. The molecular formula is C13H13NO3. The van der Waals surface area contributed by atoms with Crippen LogP contribution in [0, 0.1) is 11.3 Å². The zero-order chi connectivity index (χ0) is 12.8. The first-order valence-electron chi connectivity index (χ1n) is 5.17. The molecular weight excluding hydrogens is 218 g/mol. The minimum absolute atomic E-state index is 0.0162. The summed E-state index contributed by atoms with van der Waals surface area (Å²) in [7, 11) is 0. The smallest absolute Gasteiger partial charge is 0.349 e. The Balaban J connectivity index is 3.13. The molecule has 1 aromatic rings. The van der Waals surface area contributed by atoms with E-state index in [4.69, 9.17) is 15.1 Å². The van der Waals surface area contributed by atoms with Gasteiger partial charge in [-0.05, 0) is 37.1 Å². The number of phenolic OH excluding ortho intramolecular Hbond substituents is 1. The Hall–Kier alpha value is -2.28. The second-order valence-electron chi connectivity index (χ2n) is 3.38. The molecule has 4 heteroatoms. The minimum atomic E-state index is -0.624. The zero-order valence-electron chi connectivity index (χ0n) is 9.73. The van der Waals surface area contributed by atoms with E-state index in [1.807, 2.05) is 6.07 Å². The van der Waals surface area contributed by atoms with Gasteiger partial charge in [0.15, 0.2) is 0 Å². The third-order valence-electron chi connectivity index (χ3n) is 2.27. The van der Waals surface area contributed by atoms with E-state index in [1.165, 1.54) is 12.1 Å². The van der Waals surface area contributed by atoms with Crippen LogP contribution >= 0.6 is 0 Å². The van der Waals surface area contributed by atoms with Crippen LogP contribution in [0.4, 0.5) is 0 Å². The van der Waals surface area contributed by atoms with Crippen molar-refractivity contribution in [2.75, 3.05) is 6.61 Å². The summed E-state index contributed by atoms with van der Waals surface area (Å²) >= 11 is 0. The van der Waals surface area contributed by atoms with E-state index in [0.29, 0.717) is 11.1 Å². The quantitative estimate of drug-likeness (QED) is 0.492. The molecule has 0 aliphatic carbocycles. The van der Waals surface area contributed by atoms with Crippen LogP contribution in [0.1, 0.15) is 19.4 Å². The maximum Gasteiger partial charge on any atom is 0.349 e. The number of aromatic hydroxyl groups is 1. The Morgan fingerprint density at radius 1 is 1.41 bits per heavy atom. The fourth-order valence-electron chi connectivity index (χ4n) is 1.34. The second kappa shape index (κ2) is 5.71. The molecule has 17 heavy (non-hydrogen) atoms. The highest BCUT2D eigenvalue weighted by Gasteiger charge is 2.14. The summed E-state index contributed by atoms with van der Waals surface area (Å²) in [4.78, 5) is 11.5. The van der Waals surface area contributed by atoms with Crippen molar-refractivity contribution in [3.63, 3.8) is 0 Å². The first-order chi connectivity index (χ1) is 8.10. The first-order valence-corrected chi connectivity index (χ1v) is 5.17. The van der Waals surface area contributed by atoms with E-state index >= 15 is 0 Å². The third-order valence-corrected chi connectivity index (χ3v) is 2.27. The Kier molecular flexibility index (Phi) is 4.29. The van der Waals surface area contributed by atoms with E-state index in [1.54, 1.807) is 26.0 Å². The minimum Gasteiger partial charge on any atom is -0.508 e. The predicted molar refractivity (Wildman–Crippen MR) is 62.9 cm³/mol. The maximum absolute atomic E-state index is 11.5. The Bertz CT molecular complexity index is 480. The van der Waals surface area contributed by atoms with E-state index in [2.05, 4.69) is 0 Å². The lowest BCUT2D eigenvalue weighted by Gasteiger charge is -2.05. The highest BCUT2D eigenvalue weighted by molar-refractivity contribution is 6.01. The SMILES string of the molecule is CCOC(=O)/C(C#N)=C(/C)c1ccc(O)cc1. The van der Waals surface area contributed by atoms with Crippen LogP contribution in [0.3, 0.4) is 0 Å². The highest BCUT2D eigenvalue weighted by Crippen LogP contribution is 2.21. The van der Waals surface area contributed by atoms with Crippen molar-refractivity contribution in [2.24, 2.45) is 0 Å². The number of hydrogen-bond acceptors (Lipinski definition) is 4. The van der Waals surface area contributed by atoms with Crippen molar-refractivity contribution in [3.05, 3.63) is 35.4 Å². The normalized spacial score (nSPS) is 11.4. The van der Waals surface area contributed by atoms with Gasteiger partial charge >= 0.3 is 5.97 Å². The van der Waals surface area contributed by atoms with Crippen molar-refractivity contribution in [2.45, 2.75) is 13.8 Å². The summed E-state index contributed by atoms with van der Waals surface area (Å²) < 4.78 is 4.79. The largest absolute Gasteiger partial charge is 0.508 e. The Morgan fingerprint density at radius 3 is 2.47 bits per heavy atom. The molecule has 0 atom stereocenters. The molecule has 0 bridgehead atoms. The molecule has 0 saturated heterocycles. The van der Waals surface area contributed by atoms with Gasteiger partial charge in [0, 0.05) is 0 Å². The van der Waals surface area contributed by atoms with Crippen LogP contribution in [0.25, 0.3) is 5.57 Å². The molecule has 0 radical (unpaired) electrons. The summed E-state index contributed by atoms with van der Waals surface area (Å²) in [5, 5.41) is 18.1. The predicted octanol–water partition coefficient (Wildman–Crippen LogP) is 2.25. The van der Waals surface area contributed by atoms with E-state index in [-0.39, 0.29) is 17.9 Å². The van der Waals surface area contributed by atoms with Crippen molar-refractivity contribution >= 4 is 11.5 Å². The first kappa shape index (κ1) is 12.8. The summed E-state index contributed by atoms with van der Waals surface area (Å²) in [5.41, 5.74) is 1.22. The number of carbonyl (C=O) groups is 1. The second-order valence-corrected chi connectivity index (χ2v) is 3.38. The molecule has 88 valence electrons. The molecule has 0 aliphatic heterocycles. The fourth-order valence-corrected chi connectivity index (χ4v) is 1.34. The summed E-state index contributed by atoms with van der Waals surface area (Å²) in [6.07, 6.45) is 0. The summed E-state index contributed by atoms with van der Waals surface area (Å²) in [6, 6.07) is 8.12. The number of carbonyl (C=O) groups excluding carboxylic acids is 1. The number of hydrogen-bond donors (Lipinski definition) is 1. The topological polar surface area (TPSA) is 70.3 Å². The molecule has 0 saturated carbocycles. The van der Waals surface area contributed by atoms with Gasteiger partial charge in [-0.15, -0.1) is 0 Å². The molecule has 0 aromatic heterocycles. The van der Waals surface area contributed by atoms with Crippen LogP contribution in [-0.4, -0.2) is 17.7 Å². The van der Waals surface area contributed by atoms with E-state index in [9.17, 15) is 4.79 Å². The van der Waals surface area contributed by atoms with Gasteiger partial charge < -0.3 is 9.84 Å². The molecule has 0 aliphatic rings. The molecule has 4 nitrogen and oxygen atoms in total. The number of phenols is 1. The van der Waals surface area contributed by atoms with Gasteiger partial charge in [0.25, 0.3) is 0 Å². The number of benzene rings is 1. The monoisotopic (exact) mass is 231 g/mol. The number of nitrogens with zero attached hydrogens (tertiary/aromatic N) is 1. The number of ether oxygens (including phenoxy) is 1. The molecule has 0 spiro atoms. The molecule has 1 aromatic carbocycles. The molecule has 0 heterocycles. The Labute approximate surface area is 99.8 Å². The van der Waals surface area contributed by atoms with Gasteiger partial charge in [0.05, 0.1) is 6.61 Å². The van der Waals surface area contributed by atoms with Crippen LogP contribution in [0.2, 0.25) is 0 Å². The molecule has 0 fully saturated rings. The van der Waals surface area contributed by atoms with Crippen LogP contribution in [0.5, 0.6) is 5.75 Å². The highest BCUT2D eigenvalue weighted by atomic mass is 16.5.